The first-order valence-electron chi connectivity index (χ1n) is 6.59. The first-order chi connectivity index (χ1) is 7.95. The largest absolute Gasteiger partial charge is 0.379 e. The molecule has 1 heterocycles. The standard InChI is InChI=1S/C13H24N2O2/c1-8-4-5-10(9(8)2)15-12(16)13(3)7-17-6-11(13)14/h8-11H,4-7,14H2,1-3H3,(H,15,16). The normalized spacial score (nSPS) is 46.1. The van der Waals surface area contributed by atoms with Crippen molar-refractivity contribution in [3.8, 4) is 0 Å². The fourth-order valence-corrected chi connectivity index (χ4v) is 2.82. The number of amides is 1. The molecule has 1 aliphatic carbocycles. The zero-order valence-electron chi connectivity index (χ0n) is 11.0. The van der Waals surface area contributed by atoms with Crippen molar-refractivity contribution in [2.24, 2.45) is 23.0 Å². The molecule has 0 radical (unpaired) electrons. The lowest BCUT2D eigenvalue weighted by Gasteiger charge is -2.29. The molecule has 98 valence electrons. The maximum atomic E-state index is 12.3. The van der Waals surface area contributed by atoms with E-state index in [0.29, 0.717) is 31.1 Å². The number of nitrogens with one attached hydrogen (secondary N) is 1. The van der Waals surface area contributed by atoms with Gasteiger partial charge >= 0.3 is 0 Å². The van der Waals surface area contributed by atoms with Crippen LogP contribution in [-0.4, -0.2) is 31.2 Å². The Morgan fingerprint density at radius 2 is 2.12 bits per heavy atom. The predicted molar refractivity (Wildman–Crippen MR) is 66.4 cm³/mol. The molecule has 2 fully saturated rings. The molecule has 2 aliphatic rings. The van der Waals surface area contributed by atoms with Gasteiger partial charge in [-0.15, -0.1) is 0 Å². The minimum Gasteiger partial charge on any atom is -0.379 e. The fraction of sp³-hybridized carbons (Fsp3) is 0.923. The van der Waals surface area contributed by atoms with Crippen molar-refractivity contribution in [1.29, 1.82) is 0 Å². The van der Waals surface area contributed by atoms with Crippen LogP contribution in [-0.2, 0) is 9.53 Å². The number of hydrogen-bond donors (Lipinski definition) is 2. The van der Waals surface area contributed by atoms with Gasteiger partial charge in [0.25, 0.3) is 0 Å². The van der Waals surface area contributed by atoms with Gasteiger partial charge in [0.2, 0.25) is 5.91 Å². The fourth-order valence-electron chi connectivity index (χ4n) is 2.82. The van der Waals surface area contributed by atoms with Crippen molar-refractivity contribution >= 4 is 5.91 Å². The molecule has 1 aliphatic heterocycles. The number of rotatable bonds is 2. The second kappa shape index (κ2) is 4.58. The van der Waals surface area contributed by atoms with Crippen LogP contribution in [0.25, 0.3) is 0 Å². The molecular formula is C13H24N2O2. The molecule has 1 saturated carbocycles. The van der Waals surface area contributed by atoms with Crippen LogP contribution in [0.2, 0.25) is 0 Å². The number of hydrogen-bond acceptors (Lipinski definition) is 3. The van der Waals surface area contributed by atoms with Crippen LogP contribution in [0.3, 0.4) is 0 Å². The molecule has 17 heavy (non-hydrogen) atoms. The highest BCUT2D eigenvalue weighted by atomic mass is 16.5. The van der Waals surface area contributed by atoms with Crippen LogP contribution in [0.5, 0.6) is 0 Å². The van der Waals surface area contributed by atoms with Gasteiger partial charge in [0.15, 0.2) is 0 Å². The lowest BCUT2D eigenvalue weighted by atomic mass is 9.84. The van der Waals surface area contributed by atoms with Crippen LogP contribution in [0.15, 0.2) is 0 Å². The highest BCUT2D eigenvalue weighted by Crippen LogP contribution is 2.33. The Balaban J connectivity index is 1.97. The zero-order chi connectivity index (χ0) is 12.6. The van der Waals surface area contributed by atoms with E-state index in [2.05, 4.69) is 19.2 Å². The Morgan fingerprint density at radius 1 is 1.41 bits per heavy atom. The third kappa shape index (κ3) is 2.20. The Hall–Kier alpha value is -0.610. The van der Waals surface area contributed by atoms with Gasteiger partial charge in [0.05, 0.1) is 18.6 Å². The van der Waals surface area contributed by atoms with E-state index in [-0.39, 0.29) is 11.9 Å². The van der Waals surface area contributed by atoms with Crippen LogP contribution >= 0.6 is 0 Å². The average molecular weight is 240 g/mol. The van der Waals surface area contributed by atoms with Crippen LogP contribution in [0.1, 0.15) is 33.6 Å². The lowest BCUT2D eigenvalue weighted by Crippen LogP contribution is -2.53. The monoisotopic (exact) mass is 240 g/mol. The molecule has 0 aromatic carbocycles. The molecule has 4 nitrogen and oxygen atoms in total. The maximum absolute atomic E-state index is 12.3. The molecule has 1 amide bonds. The lowest BCUT2D eigenvalue weighted by molar-refractivity contribution is -0.131. The first kappa shape index (κ1) is 12.8. The van der Waals surface area contributed by atoms with Crippen molar-refractivity contribution in [2.45, 2.75) is 45.7 Å². The second-order valence-electron chi connectivity index (χ2n) is 6.03. The third-order valence-electron chi connectivity index (χ3n) is 4.82. The van der Waals surface area contributed by atoms with E-state index >= 15 is 0 Å². The van der Waals surface area contributed by atoms with Gasteiger partial charge < -0.3 is 15.8 Å². The Bertz CT molecular complexity index is 308. The van der Waals surface area contributed by atoms with Crippen molar-refractivity contribution in [2.75, 3.05) is 13.2 Å². The third-order valence-corrected chi connectivity index (χ3v) is 4.82. The Morgan fingerprint density at radius 3 is 2.59 bits per heavy atom. The molecule has 1 saturated heterocycles. The maximum Gasteiger partial charge on any atom is 0.230 e. The van der Waals surface area contributed by atoms with Gasteiger partial charge in [0.1, 0.15) is 0 Å². The summed E-state index contributed by atoms with van der Waals surface area (Å²) in [6.07, 6.45) is 2.28. The Labute approximate surface area is 103 Å². The summed E-state index contributed by atoms with van der Waals surface area (Å²) in [4.78, 5) is 12.3. The molecule has 5 atom stereocenters. The van der Waals surface area contributed by atoms with Crippen LogP contribution in [0.4, 0.5) is 0 Å². The molecule has 5 unspecified atom stereocenters. The molecule has 0 bridgehead atoms. The minimum absolute atomic E-state index is 0.0634. The number of carbonyl (C=O) groups is 1. The van der Waals surface area contributed by atoms with Crippen molar-refractivity contribution in [3.05, 3.63) is 0 Å². The highest BCUT2D eigenvalue weighted by molar-refractivity contribution is 5.84. The molecule has 2 rings (SSSR count). The van der Waals surface area contributed by atoms with Gasteiger partial charge in [-0.1, -0.05) is 13.8 Å². The minimum atomic E-state index is -0.550. The smallest absolute Gasteiger partial charge is 0.230 e. The molecule has 3 N–H and O–H groups in total. The van der Waals surface area contributed by atoms with Crippen LogP contribution < -0.4 is 11.1 Å². The zero-order valence-corrected chi connectivity index (χ0v) is 11.0. The summed E-state index contributed by atoms with van der Waals surface area (Å²) in [7, 11) is 0. The molecule has 0 aromatic rings. The van der Waals surface area contributed by atoms with Gasteiger partial charge in [-0.2, -0.15) is 0 Å². The average Bonchev–Trinajstić information content (AvgIpc) is 2.78. The van der Waals surface area contributed by atoms with E-state index in [9.17, 15) is 4.79 Å². The second-order valence-corrected chi connectivity index (χ2v) is 6.03. The number of ether oxygens (including phenoxy) is 1. The van der Waals surface area contributed by atoms with E-state index in [0.717, 1.165) is 6.42 Å². The molecule has 0 spiro atoms. The first-order valence-corrected chi connectivity index (χ1v) is 6.59. The molecule has 4 heteroatoms. The van der Waals surface area contributed by atoms with Crippen LogP contribution in [0, 0.1) is 17.3 Å². The van der Waals surface area contributed by atoms with E-state index < -0.39 is 5.41 Å². The van der Waals surface area contributed by atoms with E-state index in [4.69, 9.17) is 10.5 Å². The van der Waals surface area contributed by atoms with Crippen molar-refractivity contribution in [1.82, 2.24) is 5.32 Å². The molecule has 0 aromatic heterocycles. The van der Waals surface area contributed by atoms with Gasteiger partial charge in [0, 0.05) is 12.1 Å². The van der Waals surface area contributed by atoms with E-state index in [1.165, 1.54) is 6.42 Å². The summed E-state index contributed by atoms with van der Waals surface area (Å²) >= 11 is 0. The number of carbonyl (C=O) groups excluding carboxylic acids is 1. The summed E-state index contributed by atoms with van der Waals surface area (Å²) in [5.41, 5.74) is 5.41. The van der Waals surface area contributed by atoms with Gasteiger partial charge in [-0.3, -0.25) is 4.79 Å². The summed E-state index contributed by atoms with van der Waals surface area (Å²) in [5, 5.41) is 3.17. The van der Waals surface area contributed by atoms with E-state index in [1.54, 1.807) is 0 Å². The van der Waals surface area contributed by atoms with Gasteiger partial charge in [-0.25, -0.2) is 0 Å². The number of nitrogens with two attached hydrogens (primary N) is 1. The summed E-state index contributed by atoms with van der Waals surface area (Å²) in [6, 6.07) is 0.124. The summed E-state index contributed by atoms with van der Waals surface area (Å²) in [5.74, 6) is 1.32. The summed E-state index contributed by atoms with van der Waals surface area (Å²) < 4.78 is 5.32. The van der Waals surface area contributed by atoms with E-state index in [1.807, 2.05) is 6.92 Å². The Kier molecular flexibility index (Phi) is 3.46. The quantitative estimate of drug-likeness (QED) is 0.754. The predicted octanol–water partition coefficient (Wildman–Crippen LogP) is 0.901. The topological polar surface area (TPSA) is 64.3 Å². The summed E-state index contributed by atoms with van der Waals surface area (Å²) in [6.45, 7) is 7.30. The highest BCUT2D eigenvalue weighted by Gasteiger charge is 2.45. The van der Waals surface area contributed by atoms with Crippen molar-refractivity contribution in [3.63, 3.8) is 0 Å². The molecular weight excluding hydrogens is 216 g/mol. The SMILES string of the molecule is CC1CCC(NC(=O)C2(C)COCC2N)C1C. The van der Waals surface area contributed by atoms with Crippen molar-refractivity contribution < 1.29 is 9.53 Å². The van der Waals surface area contributed by atoms with Gasteiger partial charge in [-0.05, 0) is 31.6 Å².